The summed E-state index contributed by atoms with van der Waals surface area (Å²) in [7, 11) is 0. The minimum absolute atomic E-state index is 0.144. The minimum atomic E-state index is -0.906. The van der Waals surface area contributed by atoms with Crippen molar-refractivity contribution >= 4 is 32.1 Å². The summed E-state index contributed by atoms with van der Waals surface area (Å²) in [5.74, 6) is -1.81. The first-order valence-electron chi connectivity index (χ1n) is 3.05. The second-order valence-corrected chi connectivity index (χ2v) is 4.46. The molecule has 12 heavy (non-hydrogen) atoms. The van der Waals surface area contributed by atoms with Crippen LogP contribution in [0.4, 0.5) is 8.78 Å². The molecule has 0 amide bonds. The highest BCUT2D eigenvalue weighted by molar-refractivity contribution is 7.35. The second-order valence-electron chi connectivity index (χ2n) is 2.17. The molecule has 0 saturated carbocycles. The molecular formula is C7H2F2OS2. The topological polar surface area (TPSA) is 17.1 Å². The predicted octanol–water partition coefficient (Wildman–Crippen LogP) is 2.60. The van der Waals surface area contributed by atoms with Gasteiger partial charge in [-0.3, -0.25) is 4.79 Å². The van der Waals surface area contributed by atoms with E-state index in [1.54, 1.807) is 0 Å². The summed E-state index contributed by atoms with van der Waals surface area (Å²) in [6.07, 6.45) is 0. The summed E-state index contributed by atoms with van der Waals surface area (Å²) in [6.45, 7) is 0. The standard InChI is InChI=1S/C7H2F2OS2/c8-3-1-5-6(2-4(3)9)12-7(10)11-5/h1-2H. The van der Waals surface area contributed by atoms with Crippen LogP contribution in [0.1, 0.15) is 0 Å². The number of halogens is 2. The van der Waals surface area contributed by atoms with Gasteiger partial charge in [-0.2, -0.15) is 0 Å². The van der Waals surface area contributed by atoms with Crippen LogP contribution in [0.3, 0.4) is 0 Å². The summed E-state index contributed by atoms with van der Waals surface area (Å²) >= 11 is 1.86. The zero-order valence-electron chi connectivity index (χ0n) is 5.64. The van der Waals surface area contributed by atoms with Crippen molar-refractivity contribution in [3.8, 4) is 0 Å². The average molecular weight is 204 g/mol. The van der Waals surface area contributed by atoms with Crippen molar-refractivity contribution in [2.24, 2.45) is 0 Å². The third-order valence-electron chi connectivity index (χ3n) is 1.37. The Balaban J connectivity index is 2.92. The summed E-state index contributed by atoms with van der Waals surface area (Å²) in [5, 5.41) is 0. The van der Waals surface area contributed by atoms with Crippen molar-refractivity contribution < 1.29 is 8.78 Å². The lowest BCUT2D eigenvalue weighted by molar-refractivity contribution is 0.511. The van der Waals surface area contributed by atoms with Gasteiger partial charge in [0, 0.05) is 0 Å². The van der Waals surface area contributed by atoms with Crippen molar-refractivity contribution in [2.45, 2.75) is 0 Å². The largest absolute Gasteiger partial charge is 0.288 e. The first kappa shape index (κ1) is 7.82. The van der Waals surface area contributed by atoms with E-state index in [0.717, 1.165) is 34.8 Å². The Hall–Kier alpha value is -0.810. The molecule has 0 fully saturated rings. The molecule has 0 N–H and O–H groups in total. The molecule has 5 heteroatoms. The molecule has 1 nitrogen and oxygen atoms in total. The maximum atomic E-state index is 12.6. The Morgan fingerprint density at radius 2 is 1.42 bits per heavy atom. The lowest BCUT2D eigenvalue weighted by atomic mass is 10.3. The van der Waals surface area contributed by atoms with E-state index in [4.69, 9.17) is 0 Å². The van der Waals surface area contributed by atoms with Gasteiger partial charge in [-0.1, -0.05) is 22.7 Å². The second kappa shape index (κ2) is 2.60. The fraction of sp³-hybridized carbons (Fsp3) is 0. The van der Waals surface area contributed by atoms with Crippen molar-refractivity contribution in [2.75, 3.05) is 0 Å². The summed E-state index contributed by atoms with van der Waals surface area (Å²) < 4.78 is 26.0. The zero-order valence-corrected chi connectivity index (χ0v) is 7.27. The summed E-state index contributed by atoms with van der Waals surface area (Å²) in [5.41, 5.74) is 0. The molecule has 2 aromatic rings. The van der Waals surface area contributed by atoms with Crippen LogP contribution >= 0.6 is 22.7 Å². The Bertz CT molecular complexity index is 444. The Labute approximate surface area is 73.9 Å². The average Bonchev–Trinajstić information content (AvgIpc) is 2.30. The first-order valence-corrected chi connectivity index (χ1v) is 4.69. The normalized spacial score (nSPS) is 10.8. The van der Waals surface area contributed by atoms with Gasteiger partial charge in [-0.15, -0.1) is 0 Å². The van der Waals surface area contributed by atoms with Crippen molar-refractivity contribution in [1.82, 2.24) is 0 Å². The van der Waals surface area contributed by atoms with E-state index in [0.29, 0.717) is 9.40 Å². The zero-order chi connectivity index (χ0) is 8.72. The monoisotopic (exact) mass is 204 g/mol. The molecule has 0 saturated heterocycles. The third-order valence-corrected chi connectivity index (χ3v) is 3.45. The maximum Gasteiger partial charge on any atom is 0.288 e. The minimum Gasteiger partial charge on any atom is -0.265 e. The molecule has 2 rings (SSSR count). The molecule has 62 valence electrons. The third kappa shape index (κ3) is 1.15. The number of hydrogen-bond acceptors (Lipinski definition) is 3. The molecule has 0 aliphatic carbocycles. The Kier molecular flexibility index (Phi) is 1.69. The fourth-order valence-corrected chi connectivity index (χ4v) is 2.83. The highest BCUT2D eigenvalue weighted by Gasteiger charge is 2.06. The van der Waals surface area contributed by atoms with E-state index in [1.165, 1.54) is 0 Å². The van der Waals surface area contributed by atoms with Crippen molar-refractivity contribution in [3.63, 3.8) is 0 Å². The molecule has 0 atom stereocenters. The lowest BCUT2D eigenvalue weighted by Gasteiger charge is -1.90. The van der Waals surface area contributed by atoms with Gasteiger partial charge in [0.15, 0.2) is 11.6 Å². The van der Waals surface area contributed by atoms with E-state index in [2.05, 4.69) is 0 Å². The lowest BCUT2D eigenvalue weighted by Crippen LogP contribution is -1.79. The number of benzene rings is 1. The van der Waals surface area contributed by atoms with E-state index >= 15 is 0 Å². The number of rotatable bonds is 0. The highest BCUT2D eigenvalue weighted by Crippen LogP contribution is 2.23. The molecule has 0 aliphatic rings. The quantitative estimate of drug-likeness (QED) is 0.644. The molecule has 1 aromatic heterocycles. The Morgan fingerprint density at radius 1 is 1.00 bits per heavy atom. The summed E-state index contributed by atoms with van der Waals surface area (Å²) in [4.78, 5) is 10.8. The SMILES string of the molecule is O=c1sc2cc(F)c(F)cc2s1. The Morgan fingerprint density at radius 3 is 1.83 bits per heavy atom. The maximum absolute atomic E-state index is 12.6. The molecule has 0 radical (unpaired) electrons. The van der Waals surface area contributed by atoms with Gasteiger partial charge in [-0.25, -0.2) is 8.78 Å². The molecule has 1 heterocycles. The molecule has 0 bridgehead atoms. The molecule has 1 aromatic carbocycles. The van der Waals surface area contributed by atoms with Crippen LogP contribution in [0.2, 0.25) is 0 Å². The van der Waals surface area contributed by atoms with E-state index in [1.807, 2.05) is 0 Å². The summed E-state index contributed by atoms with van der Waals surface area (Å²) in [6, 6.07) is 2.10. The molecular weight excluding hydrogens is 202 g/mol. The van der Waals surface area contributed by atoms with Gasteiger partial charge in [0.05, 0.1) is 9.40 Å². The highest BCUT2D eigenvalue weighted by atomic mass is 32.2. The number of hydrogen-bond donors (Lipinski definition) is 0. The smallest absolute Gasteiger partial charge is 0.265 e. The van der Waals surface area contributed by atoms with Crippen LogP contribution in [-0.4, -0.2) is 0 Å². The van der Waals surface area contributed by atoms with Crippen LogP contribution in [0.15, 0.2) is 16.9 Å². The fourth-order valence-electron chi connectivity index (χ4n) is 0.870. The van der Waals surface area contributed by atoms with Gasteiger partial charge in [0.1, 0.15) is 0 Å². The van der Waals surface area contributed by atoms with Gasteiger partial charge in [0.25, 0.3) is 4.06 Å². The van der Waals surface area contributed by atoms with Crippen LogP contribution in [0.25, 0.3) is 9.40 Å². The van der Waals surface area contributed by atoms with E-state index < -0.39 is 11.6 Å². The van der Waals surface area contributed by atoms with Crippen LogP contribution in [0, 0.1) is 11.6 Å². The van der Waals surface area contributed by atoms with Gasteiger partial charge >= 0.3 is 0 Å². The predicted molar refractivity (Wildman–Crippen MR) is 45.9 cm³/mol. The van der Waals surface area contributed by atoms with Crippen molar-refractivity contribution in [3.05, 3.63) is 32.6 Å². The van der Waals surface area contributed by atoms with Crippen LogP contribution in [0.5, 0.6) is 0 Å². The first-order chi connectivity index (χ1) is 5.66. The van der Waals surface area contributed by atoms with Gasteiger partial charge in [0.2, 0.25) is 0 Å². The molecule has 0 spiro atoms. The number of fused-ring (bicyclic) bond motifs is 1. The van der Waals surface area contributed by atoms with Crippen molar-refractivity contribution in [1.29, 1.82) is 0 Å². The van der Waals surface area contributed by atoms with Gasteiger partial charge in [-0.05, 0) is 12.1 Å². The molecule has 0 unspecified atom stereocenters. The van der Waals surface area contributed by atoms with E-state index in [9.17, 15) is 13.6 Å². The van der Waals surface area contributed by atoms with E-state index in [-0.39, 0.29) is 4.06 Å². The van der Waals surface area contributed by atoms with Crippen LogP contribution < -0.4 is 4.06 Å². The van der Waals surface area contributed by atoms with Crippen LogP contribution in [-0.2, 0) is 0 Å². The molecule has 0 aliphatic heterocycles. The van der Waals surface area contributed by atoms with Gasteiger partial charge < -0.3 is 0 Å².